The van der Waals surface area contributed by atoms with Crippen LogP contribution in [-0.4, -0.2) is 26.9 Å². The van der Waals surface area contributed by atoms with Gasteiger partial charge in [0.25, 0.3) is 0 Å². The van der Waals surface area contributed by atoms with E-state index in [1.807, 2.05) is 24.3 Å². The molecule has 0 amide bonds. The summed E-state index contributed by atoms with van der Waals surface area (Å²) in [6.07, 6.45) is 0.739. The Kier molecular flexibility index (Phi) is 3.81. The highest BCUT2D eigenvalue weighted by Gasteiger charge is 2.10. The van der Waals surface area contributed by atoms with Crippen molar-refractivity contribution in [2.45, 2.75) is 23.6 Å². The molecule has 0 saturated carbocycles. The Morgan fingerprint density at radius 1 is 1.35 bits per heavy atom. The molecule has 0 spiro atoms. The molecule has 4 nitrogen and oxygen atoms in total. The van der Waals surface area contributed by atoms with Gasteiger partial charge >= 0.3 is 0 Å². The van der Waals surface area contributed by atoms with Crippen LogP contribution in [0, 0.1) is 0 Å². The van der Waals surface area contributed by atoms with Crippen LogP contribution in [0.25, 0.3) is 10.9 Å². The zero-order valence-corrected chi connectivity index (χ0v) is 10.4. The summed E-state index contributed by atoms with van der Waals surface area (Å²) < 4.78 is 0. The van der Waals surface area contributed by atoms with Crippen molar-refractivity contribution in [2.24, 2.45) is 0 Å². The number of rotatable bonds is 4. The Hall–Kier alpha value is -1.33. The van der Waals surface area contributed by atoms with Crippen LogP contribution in [0.1, 0.15) is 13.3 Å². The Bertz CT molecular complexity index is 518. The van der Waals surface area contributed by atoms with Crippen LogP contribution in [0.4, 0.5) is 5.95 Å². The van der Waals surface area contributed by atoms with Gasteiger partial charge in [0.2, 0.25) is 5.95 Å². The van der Waals surface area contributed by atoms with Gasteiger partial charge in [-0.3, -0.25) is 0 Å². The van der Waals surface area contributed by atoms with Crippen molar-refractivity contribution >= 4 is 28.6 Å². The lowest BCUT2D eigenvalue weighted by Crippen LogP contribution is -2.02. The lowest BCUT2D eigenvalue weighted by atomic mass is 10.2. The summed E-state index contributed by atoms with van der Waals surface area (Å²) in [5.41, 5.74) is 6.55. The highest BCUT2D eigenvalue weighted by atomic mass is 32.2. The second-order valence-electron chi connectivity index (χ2n) is 3.84. The molecule has 0 aliphatic rings. The molecule has 1 aromatic heterocycles. The molecule has 0 aliphatic carbocycles. The topological polar surface area (TPSA) is 72.0 Å². The monoisotopic (exact) mass is 249 g/mol. The minimum absolute atomic E-state index is 0.187. The predicted molar refractivity (Wildman–Crippen MR) is 71.0 cm³/mol. The van der Waals surface area contributed by atoms with Crippen LogP contribution in [0.3, 0.4) is 0 Å². The van der Waals surface area contributed by atoms with E-state index < -0.39 is 0 Å². The van der Waals surface area contributed by atoms with E-state index in [-0.39, 0.29) is 6.61 Å². The second-order valence-corrected chi connectivity index (χ2v) is 5.27. The lowest BCUT2D eigenvalue weighted by molar-refractivity contribution is 0.289. The van der Waals surface area contributed by atoms with Crippen LogP contribution in [-0.2, 0) is 0 Å². The molecule has 17 heavy (non-hydrogen) atoms. The number of fused-ring (bicyclic) bond motifs is 1. The first kappa shape index (κ1) is 12.1. The number of hydrogen-bond acceptors (Lipinski definition) is 5. The SMILES string of the molecule is CC(CCO)Sc1nc(N)nc2ccccc12. The van der Waals surface area contributed by atoms with Gasteiger partial charge in [-0.2, -0.15) is 0 Å². The number of anilines is 1. The molecule has 0 aliphatic heterocycles. The molecule has 1 atom stereocenters. The van der Waals surface area contributed by atoms with E-state index in [0.29, 0.717) is 11.2 Å². The average Bonchev–Trinajstić information content (AvgIpc) is 2.29. The molecule has 5 heteroatoms. The van der Waals surface area contributed by atoms with Gasteiger partial charge in [-0.1, -0.05) is 25.1 Å². The van der Waals surface area contributed by atoms with E-state index in [9.17, 15) is 0 Å². The maximum Gasteiger partial charge on any atom is 0.221 e. The van der Waals surface area contributed by atoms with Gasteiger partial charge in [-0.15, -0.1) is 11.8 Å². The summed E-state index contributed by atoms with van der Waals surface area (Å²) in [6.45, 7) is 2.25. The van der Waals surface area contributed by atoms with Crippen LogP contribution in [0.15, 0.2) is 29.3 Å². The second kappa shape index (κ2) is 5.33. The minimum Gasteiger partial charge on any atom is -0.396 e. The Balaban J connectivity index is 2.38. The van der Waals surface area contributed by atoms with E-state index in [1.54, 1.807) is 11.8 Å². The van der Waals surface area contributed by atoms with E-state index >= 15 is 0 Å². The van der Waals surface area contributed by atoms with Gasteiger partial charge < -0.3 is 10.8 Å². The molecule has 1 aromatic carbocycles. The van der Waals surface area contributed by atoms with Crippen molar-refractivity contribution in [1.29, 1.82) is 0 Å². The molecule has 3 N–H and O–H groups in total. The maximum atomic E-state index is 8.91. The number of aromatic nitrogens is 2. The molecule has 2 aromatic rings. The average molecular weight is 249 g/mol. The van der Waals surface area contributed by atoms with Crippen molar-refractivity contribution in [3.8, 4) is 0 Å². The Labute approximate surface area is 104 Å². The van der Waals surface area contributed by atoms with Gasteiger partial charge in [0.15, 0.2) is 0 Å². The number of aliphatic hydroxyl groups excluding tert-OH is 1. The summed E-state index contributed by atoms with van der Waals surface area (Å²) in [4.78, 5) is 8.47. The molecule has 0 saturated heterocycles. The van der Waals surface area contributed by atoms with Gasteiger partial charge in [0.1, 0.15) is 5.03 Å². The van der Waals surface area contributed by atoms with Crippen molar-refractivity contribution in [1.82, 2.24) is 9.97 Å². The fourth-order valence-corrected chi connectivity index (χ4v) is 2.64. The predicted octanol–water partition coefficient (Wildman–Crippen LogP) is 2.08. The zero-order valence-electron chi connectivity index (χ0n) is 9.63. The number of nitrogens with zero attached hydrogens (tertiary/aromatic N) is 2. The van der Waals surface area contributed by atoms with E-state index in [0.717, 1.165) is 22.3 Å². The van der Waals surface area contributed by atoms with Crippen molar-refractivity contribution < 1.29 is 5.11 Å². The molecule has 90 valence electrons. The first-order chi connectivity index (χ1) is 8.20. The molecule has 0 bridgehead atoms. The van der Waals surface area contributed by atoms with Gasteiger partial charge in [0, 0.05) is 17.2 Å². The van der Waals surface area contributed by atoms with Crippen molar-refractivity contribution in [3.63, 3.8) is 0 Å². The van der Waals surface area contributed by atoms with Crippen LogP contribution in [0.5, 0.6) is 0 Å². The highest BCUT2D eigenvalue weighted by Crippen LogP contribution is 2.29. The van der Waals surface area contributed by atoms with Crippen LogP contribution in [0.2, 0.25) is 0 Å². The summed E-state index contributed by atoms with van der Waals surface area (Å²) in [7, 11) is 0. The normalized spacial score (nSPS) is 12.8. The number of benzene rings is 1. The summed E-state index contributed by atoms with van der Waals surface area (Å²) in [6, 6.07) is 7.81. The fraction of sp³-hybridized carbons (Fsp3) is 0.333. The Morgan fingerprint density at radius 3 is 2.88 bits per heavy atom. The van der Waals surface area contributed by atoms with E-state index in [1.165, 1.54) is 0 Å². The summed E-state index contributed by atoms with van der Waals surface area (Å²) in [5.74, 6) is 0.294. The molecule has 1 heterocycles. The first-order valence-electron chi connectivity index (χ1n) is 5.50. The summed E-state index contributed by atoms with van der Waals surface area (Å²) >= 11 is 1.62. The fourth-order valence-electron chi connectivity index (χ4n) is 1.59. The smallest absolute Gasteiger partial charge is 0.221 e. The maximum absolute atomic E-state index is 8.91. The standard InChI is InChI=1S/C12H15N3OS/c1-8(6-7-16)17-11-9-4-2-3-5-10(9)14-12(13)15-11/h2-5,8,16H,6-7H2,1H3,(H2,13,14,15). The van der Waals surface area contributed by atoms with Crippen molar-refractivity contribution in [2.75, 3.05) is 12.3 Å². The largest absolute Gasteiger partial charge is 0.396 e. The van der Waals surface area contributed by atoms with Gasteiger partial charge in [-0.05, 0) is 12.5 Å². The number of aliphatic hydroxyl groups is 1. The number of thioether (sulfide) groups is 1. The molecular weight excluding hydrogens is 234 g/mol. The third-order valence-corrected chi connectivity index (χ3v) is 3.61. The van der Waals surface area contributed by atoms with Crippen LogP contribution < -0.4 is 5.73 Å². The van der Waals surface area contributed by atoms with E-state index in [2.05, 4.69) is 16.9 Å². The first-order valence-corrected chi connectivity index (χ1v) is 6.38. The highest BCUT2D eigenvalue weighted by molar-refractivity contribution is 8.00. The van der Waals surface area contributed by atoms with Gasteiger partial charge in [0.05, 0.1) is 5.52 Å². The molecule has 2 rings (SSSR count). The number of para-hydroxylation sites is 1. The molecular formula is C12H15N3OS. The molecule has 1 unspecified atom stereocenters. The molecule has 0 radical (unpaired) electrons. The van der Waals surface area contributed by atoms with Gasteiger partial charge in [-0.25, -0.2) is 9.97 Å². The summed E-state index contributed by atoms with van der Waals surface area (Å²) in [5, 5.41) is 11.1. The number of hydrogen-bond donors (Lipinski definition) is 2. The third kappa shape index (κ3) is 2.87. The molecule has 0 fully saturated rings. The lowest BCUT2D eigenvalue weighted by Gasteiger charge is -2.11. The third-order valence-electron chi connectivity index (χ3n) is 2.43. The number of nitrogens with two attached hydrogens (primary N) is 1. The van der Waals surface area contributed by atoms with Crippen LogP contribution >= 0.6 is 11.8 Å². The number of nitrogen functional groups attached to an aromatic ring is 1. The minimum atomic E-state index is 0.187. The van der Waals surface area contributed by atoms with E-state index in [4.69, 9.17) is 10.8 Å². The Morgan fingerprint density at radius 2 is 2.12 bits per heavy atom. The quantitative estimate of drug-likeness (QED) is 0.641. The van der Waals surface area contributed by atoms with Crippen molar-refractivity contribution in [3.05, 3.63) is 24.3 Å². The zero-order chi connectivity index (χ0) is 12.3.